The predicted octanol–water partition coefficient (Wildman–Crippen LogP) is 10.0. The Morgan fingerprint density at radius 2 is 0.927 bits per heavy atom. The molecule has 3 nitrogen and oxygen atoms in total. The van der Waals surface area contributed by atoms with E-state index in [1.807, 2.05) is 54.6 Å². The van der Waals surface area contributed by atoms with Gasteiger partial charge in [-0.3, -0.25) is 0 Å². The first-order chi connectivity index (χ1) is 19.9. The minimum atomic E-state index is 0.382. The molecule has 1 aromatic heterocycles. The van der Waals surface area contributed by atoms with Crippen LogP contribution in [0.3, 0.4) is 0 Å². The number of benzene rings is 4. The van der Waals surface area contributed by atoms with Crippen molar-refractivity contribution in [3.05, 3.63) is 160 Å². The van der Waals surface area contributed by atoms with Gasteiger partial charge in [0.05, 0.1) is 34.2 Å². The first kappa shape index (κ1) is 30.4. The topological polar surface area (TPSA) is 37.6 Å². The Morgan fingerprint density at radius 1 is 0.537 bits per heavy atom. The van der Waals surface area contributed by atoms with E-state index in [1.54, 1.807) is 0 Å². The molecule has 0 aliphatic heterocycles. The first-order valence-electron chi connectivity index (χ1n) is 13.1. The molecule has 4 aromatic carbocycles. The molecule has 0 bridgehead atoms. The standard InChI is InChI=1S/C35H31N3.2ClH.Co/c1-24-18-20-30(26(3)22-24)37-34(28-12-7-5-8-13-28)32-16-11-17-33(36-32)35(29-14-9-6-10-15-29)38-31-21-19-25(2)23-27(31)4;;;/h5-23H,1-4H3;2*1H;/q;;;+2/p-2. The molecule has 0 N–H and O–H groups in total. The van der Waals surface area contributed by atoms with Gasteiger partial charge >= 0.3 is 33.2 Å². The number of halogens is 2. The Bertz CT molecular complexity index is 1550. The molecular formula is C35H31Cl2CoN3. The molecule has 0 amide bonds. The average molecular weight is 623 g/mol. The van der Waals surface area contributed by atoms with Gasteiger partial charge in [-0.15, -0.1) is 0 Å². The fourth-order valence-electron chi connectivity index (χ4n) is 4.53. The summed E-state index contributed by atoms with van der Waals surface area (Å²) in [5.41, 5.74) is 11.9. The van der Waals surface area contributed by atoms with E-state index in [0.717, 1.165) is 56.4 Å². The number of aryl methyl sites for hydroxylation is 4. The van der Waals surface area contributed by atoms with Crippen LogP contribution in [-0.4, -0.2) is 16.4 Å². The molecule has 0 aliphatic rings. The zero-order valence-electron chi connectivity index (χ0n) is 23.4. The molecule has 209 valence electrons. The second-order valence-electron chi connectivity index (χ2n) is 9.69. The number of nitrogens with zero attached hydrogens (tertiary/aromatic N) is 3. The summed E-state index contributed by atoms with van der Waals surface area (Å²) in [6, 6.07) is 39.3. The summed E-state index contributed by atoms with van der Waals surface area (Å²) < 4.78 is 0. The van der Waals surface area contributed by atoms with Crippen LogP contribution in [0.4, 0.5) is 11.4 Å². The quantitative estimate of drug-likeness (QED) is 0.174. The summed E-state index contributed by atoms with van der Waals surface area (Å²) in [7, 11) is 9.47. The maximum absolute atomic E-state index is 5.15. The zero-order valence-corrected chi connectivity index (χ0v) is 26.0. The molecule has 6 heteroatoms. The van der Waals surface area contributed by atoms with Gasteiger partial charge in [-0.1, -0.05) is 102 Å². The summed E-state index contributed by atoms with van der Waals surface area (Å²) in [6.45, 7) is 8.40. The van der Waals surface area contributed by atoms with E-state index in [9.17, 15) is 0 Å². The van der Waals surface area contributed by atoms with E-state index in [-0.39, 0.29) is 0 Å². The van der Waals surface area contributed by atoms with Crippen LogP contribution in [0.1, 0.15) is 44.8 Å². The number of rotatable bonds is 6. The average Bonchev–Trinajstić information content (AvgIpc) is 2.98. The van der Waals surface area contributed by atoms with Gasteiger partial charge in [0.2, 0.25) is 0 Å². The van der Waals surface area contributed by atoms with Gasteiger partial charge in [-0.25, -0.2) is 15.0 Å². The molecule has 0 saturated heterocycles. The van der Waals surface area contributed by atoms with Crippen LogP contribution in [0.25, 0.3) is 0 Å². The molecule has 5 rings (SSSR count). The van der Waals surface area contributed by atoms with Gasteiger partial charge in [0.15, 0.2) is 0 Å². The third-order valence-electron chi connectivity index (χ3n) is 6.50. The molecule has 0 unspecified atom stereocenters. The molecule has 0 saturated carbocycles. The summed E-state index contributed by atoms with van der Waals surface area (Å²) in [4.78, 5) is 15.4. The minimum absolute atomic E-state index is 0.382. The molecule has 0 fully saturated rings. The van der Waals surface area contributed by atoms with Crippen LogP contribution in [0.15, 0.2) is 125 Å². The van der Waals surface area contributed by atoms with Crippen LogP contribution < -0.4 is 0 Å². The third kappa shape index (κ3) is 8.24. The number of aliphatic imine (C=N–C) groups is 2. The van der Waals surface area contributed by atoms with Crippen molar-refractivity contribution < 1.29 is 12.9 Å². The molecule has 0 aliphatic carbocycles. The molecule has 0 spiro atoms. The Hall–Kier alpha value is -3.54. The van der Waals surface area contributed by atoms with Crippen molar-refractivity contribution in [2.45, 2.75) is 27.7 Å². The van der Waals surface area contributed by atoms with E-state index in [4.69, 9.17) is 35.3 Å². The van der Waals surface area contributed by atoms with Gasteiger partial charge in [-0.2, -0.15) is 0 Å². The Labute approximate surface area is 257 Å². The van der Waals surface area contributed by atoms with Crippen LogP contribution >= 0.6 is 20.3 Å². The molecule has 0 atom stereocenters. The Balaban J connectivity index is 0.00000124. The Kier molecular flexibility index (Phi) is 11.1. The predicted molar refractivity (Wildman–Crippen MR) is 171 cm³/mol. The van der Waals surface area contributed by atoms with Crippen molar-refractivity contribution in [3.63, 3.8) is 0 Å². The van der Waals surface area contributed by atoms with Crippen LogP contribution in [0, 0.1) is 27.7 Å². The van der Waals surface area contributed by atoms with Gasteiger partial charge in [0.1, 0.15) is 0 Å². The van der Waals surface area contributed by atoms with E-state index < -0.39 is 0 Å². The van der Waals surface area contributed by atoms with Crippen LogP contribution in [0.5, 0.6) is 0 Å². The van der Waals surface area contributed by atoms with Crippen LogP contribution in [0.2, 0.25) is 0 Å². The van der Waals surface area contributed by atoms with E-state index in [1.165, 1.54) is 11.1 Å². The second-order valence-corrected chi connectivity index (χ2v) is 11.4. The van der Waals surface area contributed by atoms with E-state index in [0.29, 0.717) is 12.9 Å². The third-order valence-corrected chi connectivity index (χ3v) is 6.50. The molecule has 1 heterocycles. The van der Waals surface area contributed by atoms with Gasteiger partial charge in [0.25, 0.3) is 0 Å². The molecule has 0 radical (unpaired) electrons. The summed E-state index contributed by atoms with van der Waals surface area (Å²) in [5, 5.41) is 0. The summed E-state index contributed by atoms with van der Waals surface area (Å²) >= 11 is 0.382. The van der Waals surface area contributed by atoms with E-state index in [2.05, 4.69) is 88.4 Å². The SMILES string of the molecule is Cc1ccc(N=C(c2ccccc2)c2cccc(C(=Nc3ccc(C)cc3C)c3ccccc3)n2)c(C)c1.[Cl][Co][Cl]. The Morgan fingerprint density at radius 3 is 1.29 bits per heavy atom. The van der Waals surface area contributed by atoms with Crippen LogP contribution in [-0.2, 0) is 12.9 Å². The van der Waals surface area contributed by atoms with Crippen molar-refractivity contribution in [2.75, 3.05) is 0 Å². The van der Waals surface area contributed by atoms with Gasteiger partial charge < -0.3 is 0 Å². The fourth-order valence-corrected chi connectivity index (χ4v) is 4.53. The monoisotopic (exact) mass is 622 g/mol. The summed E-state index contributed by atoms with van der Waals surface area (Å²) in [6.07, 6.45) is 0. The zero-order chi connectivity index (χ0) is 29.2. The summed E-state index contributed by atoms with van der Waals surface area (Å²) in [5.74, 6) is 0. The van der Waals surface area contributed by atoms with Crippen molar-refractivity contribution >= 4 is 43.1 Å². The van der Waals surface area contributed by atoms with Crippen molar-refractivity contribution in [1.82, 2.24) is 4.98 Å². The molecule has 5 aromatic rings. The van der Waals surface area contributed by atoms with Gasteiger partial charge in [0, 0.05) is 11.1 Å². The number of pyridine rings is 1. The van der Waals surface area contributed by atoms with Crippen molar-refractivity contribution in [1.29, 1.82) is 0 Å². The number of hydrogen-bond donors (Lipinski definition) is 0. The van der Waals surface area contributed by atoms with Crippen molar-refractivity contribution in [3.8, 4) is 0 Å². The molecular weight excluding hydrogens is 592 g/mol. The second kappa shape index (κ2) is 14.9. The number of aromatic nitrogens is 1. The van der Waals surface area contributed by atoms with Crippen molar-refractivity contribution in [2.24, 2.45) is 9.98 Å². The first-order valence-corrected chi connectivity index (χ1v) is 16.0. The number of hydrogen-bond acceptors (Lipinski definition) is 3. The molecule has 41 heavy (non-hydrogen) atoms. The maximum atomic E-state index is 5.15. The van der Waals surface area contributed by atoms with E-state index >= 15 is 0 Å². The van der Waals surface area contributed by atoms with Gasteiger partial charge in [-0.05, 0) is 63.1 Å². The normalized spacial score (nSPS) is 11.7. The fraction of sp³-hybridized carbons (Fsp3) is 0.114.